The summed E-state index contributed by atoms with van der Waals surface area (Å²) in [4.78, 5) is 0. The Hall–Kier alpha value is -1.28. The first-order chi connectivity index (χ1) is 7.53. The van der Waals surface area contributed by atoms with Crippen LogP contribution in [0.25, 0.3) is 10.9 Å². The van der Waals surface area contributed by atoms with Crippen LogP contribution < -0.4 is 5.73 Å². The van der Waals surface area contributed by atoms with Crippen LogP contribution in [0.5, 0.6) is 0 Å². The van der Waals surface area contributed by atoms with E-state index >= 15 is 0 Å². The monoisotopic (exact) mass is 216 g/mol. The van der Waals surface area contributed by atoms with Gasteiger partial charge in [-0.25, -0.2) is 0 Å². The quantitative estimate of drug-likeness (QED) is 0.840. The van der Waals surface area contributed by atoms with E-state index in [0.717, 1.165) is 13.0 Å². The van der Waals surface area contributed by atoms with Gasteiger partial charge in [0, 0.05) is 24.1 Å². The Labute approximate surface area is 97.1 Å². The molecule has 0 aliphatic heterocycles. The standard InChI is InChI=1S/C14H20N2/c1-14(2,10-15)9-11-5-4-6-13-12(11)7-8-16(13)3/h4-8H,9-10,15H2,1-3H3. The number of rotatable bonds is 3. The van der Waals surface area contributed by atoms with E-state index in [4.69, 9.17) is 5.73 Å². The number of fused-ring (bicyclic) bond motifs is 1. The lowest BCUT2D eigenvalue weighted by Gasteiger charge is -2.22. The van der Waals surface area contributed by atoms with Crippen molar-refractivity contribution in [2.75, 3.05) is 6.54 Å². The fourth-order valence-electron chi connectivity index (χ4n) is 2.11. The minimum atomic E-state index is 0.171. The largest absolute Gasteiger partial charge is 0.351 e. The summed E-state index contributed by atoms with van der Waals surface area (Å²) in [6, 6.07) is 8.69. The lowest BCUT2D eigenvalue weighted by Crippen LogP contribution is -2.25. The molecule has 0 unspecified atom stereocenters. The third-order valence-corrected chi connectivity index (χ3v) is 3.24. The molecule has 2 N–H and O–H groups in total. The molecule has 1 aromatic heterocycles. The number of hydrogen-bond donors (Lipinski definition) is 1. The second kappa shape index (κ2) is 3.95. The van der Waals surface area contributed by atoms with Crippen molar-refractivity contribution in [3.8, 4) is 0 Å². The first-order valence-electron chi connectivity index (χ1n) is 5.76. The molecule has 2 nitrogen and oxygen atoms in total. The zero-order chi connectivity index (χ0) is 11.8. The Morgan fingerprint density at radius 1 is 1.25 bits per heavy atom. The molecule has 0 amide bonds. The van der Waals surface area contributed by atoms with E-state index in [0.29, 0.717) is 0 Å². The molecule has 0 aliphatic rings. The molecule has 0 aliphatic carbocycles. The normalized spacial score (nSPS) is 12.2. The van der Waals surface area contributed by atoms with Gasteiger partial charge in [0.25, 0.3) is 0 Å². The van der Waals surface area contributed by atoms with Crippen molar-refractivity contribution >= 4 is 10.9 Å². The smallest absolute Gasteiger partial charge is 0.0480 e. The summed E-state index contributed by atoms with van der Waals surface area (Å²) >= 11 is 0. The summed E-state index contributed by atoms with van der Waals surface area (Å²) in [7, 11) is 2.08. The predicted octanol–water partition coefficient (Wildman–Crippen LogP) is 2.71. The molecule has 1 aromatic carbocycles. The molecule has 2 rings (SSSR count). The summed E-state index contributed by atoms with van der Waals surface area (Å²) in [6.07, 6.45) is 3.15. The summed E-state index contributed by atoms with van der Waals surface area (Å²) in [5, 5.41) is 1.35. The van der Waals surface area contributed by atoms with E-state index in [1.165, 1.54) is 16.5 Å². The summed E-state index contributed by atoms with van der Waals surface area (Å²) in [5.74, 6) is 0. The summed E-state index contributed by atoms with van der Waals surface area (Å²) in [5.41, 5.74) is 8.66. The van der Waals surface area contributed by atoms with Crippen LogP contribution in [-0.4, -0.2) is 11.1 Å². The number of aromatic nitrogens is 1. The van der Waals surface area contributed by atoms with E-state index in [9.17, 15) is 0 Å². The van der Waals surface area contributed by atoms with Crippen molar-refractivity contribution in [3.05, 3.63) is 36.0 Å². The minimum Gasteiger partial charge on any atom is -0.351 e. The topological polar surface area (TPSA) is 30.9 Å². The molecule has 86 valence electrons. The summed E-state index contributed by atoms with van der Waals surface area (Å²) in [6.45, 7) is 5.15. The Morgan fingerprint density at radius 2 is 2.00 bits per heavy atom. The van der Waals surface area contributed by atoms with Gasteiger partial charge in [0.2, 0.25) is 0 Å². The molecule has 0 spiro atoms. The van der Waals surface area contributed by atoms with Crippen molar-refractivity contribution in [2.24, 2.45) is 18.2 Å². The molecule has 0 saturated carbocycles. The van der Waals surface area contributed by atoms with Gasteiger partial charge in [-0.3, -0.25) is 0 Å². The minimum absolute atomic E-state index is 0.171. The maximum Gasteiger partial charge on any atom is 0.0480 e. The molecule has 0 radical (unpaired) electrons. The van der Waals surface area contributed by atoms with Gasteiger partial charge in [-0.05, 0) is 36.1 Å². The summed E-state index contributed by atoms with van der Waals surface area (Å²) < 4.78 is 2.16. The van der Waals surface area contributed by atoms with Crippen LogP contribution in [0.1, 0.15) is 19.4 Å². The van der Waals surface area contributed by atoms with Crippen LogP contribution in [0.4, 0.5) is 0 Å². The zero-order valence-electron chi connectivity index (χ0n) is 10.3. The van der Waals surface area contributed by atoms with Gasteiger partial charge in [-0.2, -0.15) is 0 Å². The number of benzene rings is 1. The molecule has 0 atom stereocenters. The van der Waals surface area contributed by atoms with E-state index in [1.54, 1.807) is 0 Å². The van der Waals surface area contributed by atoms with E-state index in [-0.39, 0.29) is 5.41 Å². The van der Waals surface area contributed by atoms with E-state index < -0.39 is 0 Å². The molecule has 2 aromatic rings. The number of nitrogens with zero attached hydrogens (tertiary/aromatic N) is 1. The molecule has 0 fully saturated rings. The van der Waals surface area contributed by atoms with Crippen LogP contribution in [0.3, 0.4) is 0 Å². The number of nitrogens with two attached hydrogens (primary N) is 1. The molecule has 0 bridgehead atoms. The highest BCUT2D eigenvalue weighted by molar-refractivity contribution is 5.83. The average Bonchev–Trinajstić information content (AvgIpc) is 2.62. The lowest BCUT2D eigenvalue weighted by atomic mass is 9.85. The Bertz CT molecular complexity index is 494. The third kappa shape index (κ3) is 1.98. The SMILES string of the molecule is Cn1ccc2c(CC(C)(C)CN)cccc21. The highest BCUT2D eigenvalue weighted by Crippen LogP contribution is 2.26. The van der Waals surface area contributed by atoms with Crippen LogP contribution in [0.2, 0.25) is 0 Å². The molecule has 1 heterocycles. The fourth-order valence-corrected chi connectivity index (χ4v) is 2.11. The number of aryl methyl sites for hydroxylation is 1. The molecular weight excluding hydrogens is 196 g/mol. The second-order valence-electron chi connectivity index (χ2n) is 5.32. The predicted molar refractivity (Wildman–Crippen MR) is 69.5 cm³/mol. The first kappa shape index (κ1) is 11.2. The van der Waals surface area contributed by atoms with Gasteiger partial charge >= 0.3 is 0 Å². The van der Waals surface area contributed by atoms with Crippen molar-refractivity contribution < 1.29 is 0 Å². The van der Waals surface area contributed by atoms with Gasteiger partial charge in [-0.15, -0.1) is 0 Å². The van der Waals surface area contributed by atoms with Gasteiger partial charge in [0.15, 0.2) is 0 Å². The van der Waals surface area contributed by atoms with Gasteiger partial charge in [0.05, 0.1) is 0 Å². The highest BCUT2D eigenvalue weighted by Gasteiger charge is 2.17. The number of hydrogen-bond acceptors (Lipinski definition) is 1. The molecular formula is C14H20N2. The van der Waals surface area contributed by atoms with Crippen LogP contribution >= 0.6 is 0 Å². The van der Waals surface area contributed by atoms with Crippen molar-refractivity contribution in [1.82, 2.24) is 4.57 Å². The average molecular weight is 216 g/mol. The molecule has 0 saturated heterocycles. The second-order valence-corrected chi connectivity index (χ2v) is 5.32. The lowest BCUT2D eigenvalue weighted by molar-refractivity contribution is 0.378. The van der Waals surface area contributed by atoms with Crippen LogP contribution in [0, 0.1) is 5.41 Å². The van der Waals surface area contributed by atoms with Gasteiger partial charge < -0.3 is 10.3 Å². The van der Waals surface area contributed by atoms with Crippen LogP contribution in [-0.2, 0) is 13.5 Å². The zero-order valence-corrected chi connectivity index (χ0v) is 10.3. The Morgan fingerprint density at radius 3 is 2.69 bits per heavy atom. The van der Waals surface area contributed by atoms with Crippen molar-refractivity contribution in [2.45, 2.75) is 20.3 Å². The highest BCUT2D eigenvalue weighted by atomic mass is 14.9. The van der Waals surface area contributed by atoms with E-state index in [1.807, 2.05) is 0 Å². The fraction of sp³-hybridized carbons (Fsp3) is 0.429. The Balaban J connectivity index is 2.45. The van der Waals surface area contributed by atoms with Crippen LogP contribution in [0.15, 0.2) is 30.5 Å². The molecule has 2 heteroatoms. The first-order valence-corrected chi connectivity index (χ1v) is 5.76. The van der Waals surface area contributed by atoms with Crippen molar-refractivity contribution in [3.63, 3.8) is 0 Å². The Kier molecular flexibility index (Phi) is 2.76. The third-order valence-electron chi connectivity index (χ3n) is 3.24. The van der Waals surface area contributed by atoms with E-state index in [2.05, 4.69) is 55.9 Å². The van der Waals surface area contributed by atoms with Crippen molar-refractivity contribution in [1.29, 1.82) is 0 Å². The maximum absolute atomic E-state index is 5.80. The maximum atomic E-state index is 5.80. The molecule has 16 heavy (non-hydrogen) atoms. The van der Waals surface area contributed by atoms with Gasteiger partial charge in [0.1, 0.15) is 0 Å². The van der Waals surface area contributed by atoms with Gasteiger partial charge in [-0.1, -0.05) is 26.0 Å².